The van der Waals surface area contributed by atoms with Gasteiger partial charge >= 0.3 is 5.97 Å². The molecule has 0 aliphatic carbocycles. The van der Waals surface area contributed by atoms with Gasteiger partial charge in [0.25, 0.3) is 0 Å². The van der Waals surface area contributed by atoms with Gasteiger partial charge in [0.1, 0.15) is 11.7 Å². The normalized spacial score (nSPS) is 13.5. The van der Waals surface area contributed by atoms with Gasteiger partial charge in [-0.1, -0.05) is 44.2 Å². The van der Waals surface area contributed by atoms with Crippen molar-refractivity contribution >= 4 is 11.8 Å². The summed E-state index contributed by atoms with van der Waals surface area (Å²) in [5.74, 6) is -1.39. The third-order valence-electron chi connectivity index (χ3n) is 3.59. The molecule has 0 spiro atoms. The number of esters is 1. The molecule has 0 saturated heterocycles. The molecule has 0 aromatic heterocycles. The largest absolute Gasteiger partial charge is 0.468 e. The van der Waals surface area contributed by atoms with Crippen molar-refractivity contribution in [2.24, 2.45) is 11.8 Å². The Labute approximate surface area is 126 Å². The summed E-state index contributed by atoms with van der Waals surface area (Å²) in [4.78, 5) is 23.9. The second-order valence-corrected chi connectivity index (χ2v) is 5.11. The third kappa shape index (κ3) is 5.68. The van der Waals surface area contributed by atoms with Crippen LogP contribution in [-0.2, 0) is 25.7 Å². The summed E-state index contributed by atoms with van der Waals surface area (Å²) in [6.07, 6.45) is 1.08. The number of methoxy groups -OCH3 is 1. The molecule has 0 heterocycles. The minimum Gasteiger partial charge on any atom is -0.468 e. The van der Waals surface area contributed by atoms with Crippen molar-refractivity contribution in [3.05, 3.63) is 35.9 Å². The van der Waals surface area contributed by atoms with Crippen LogP contribution in [-0.4, -0.2) is 25.5 Å². The predicted octanol–water partition coefficient (Wildman–Crippen LogP) is 3.00. The number of hydrogen-bond acceptors (Lipinski definition) is 4. The fourth-order valence-corrected chi connectivity index (χ4v) is 2.03. The van der Waals surface area contributed by atoms with Crippen molar-refractivity contribution in [2.45, 2.75) is 33.3 Å². The van der Waals surface area contributed by atoms with Crippen molar-refractivity contribution in [3.63, 3.8) is 0 Å². The van der Waals surface area contributed by atoms with Crippen LogP contribution in [0.3, 0.4) is 0 Å². The molecule has 0 aliphatic rings. The molecule has 0 aliphatic heterocycles. The molecule has 0 N–H and O–H groups in total. The highest BCUT2D eigenvalue weighted by Gasteiger charge is 2.29. The first-order valence-electron chi connectivity index (χ1n) is 7.33. The number of ether oxygens (including phenoxy) is 2. The van der Waals surface area contributed by atoms with Crippen LogP contribution in [0.4, 0.5) is 0 Å². The van der Waals surface area contributed by atoms with Gasteiger partial charge in [-0.2, -0.15) is 0 Å². The lowest BCUT2D eigenvalue weighted by Crippen LogP contribution is -2.30. The van der Waals surface area contributed by atoms with Crippen molar-refractivity contribution in [2.75, 3.05) is 13.7 Å². The molecule has 0 bridgehead atoms. The van der Waals surface area contributed by atoms with Crippen LogP contribution in [0, 0.1) is 11.8 Å². The zero-order valence-corrected chi connectivity index (χ0v) is 13.0. The summed E-state index contributed by atoms with van der Waals surface area (Å²) in [7, 11) is 1.31. The van der Waals surface area contributed by atoms with Gasteiger partial charge in [0.15, 0.2) is 0 Å². The number of carbonyl (C=O) groups excluding carboxylic acids is 2. The quantitative estimate of drug-likeness (QED) is 0.399. The highest BCUT2D eigenvalue weighted by Crippen LogP contribution is 2.16. The van der Waals surface area contributed by atoms with E-state index in [2.05, 4.69) is 0 Å². The molecule has 21 heavy (non-hydrogen) atoms. The van der Waals surface area contributed by atoms with E-state index in [4.69, 9.17) is 9.47 Å². The minimum atomic E-state index is -0.722. The first-order chi connectivity index (χ1) is 10.1. The van der Waals surface area contributed by atoms with Crippen LogP contribution < -0.4 is 0 Å². The average Bonchev–Trinajstić information content (AvgIpc) is 2.53. The second-order valence-electron chi connectivity index (χ2n) is 5.11. The summed E-state index contributed by atoms with van der Waals surface area (Å²) in [6, 6.07) is 9.79. The van der Waals surface area contributed by atoms with Crippen molar-refractivity contribution in [1.29, 1.82) is 0 Å². The van der Waals surface area contributed by atoms with E-state index in [0.717, 1.165) is 12.0 Å². The zero-order valence-electron chi connectivity index (χ0n) is 13.0. The number of Topliss-reactive ketones (excluding diaryl/α,β-unsaturated/α-hetero) is 1. The first-order valence-corrected chi connectivity index (χ1v) is 7.33. The van der Waals surface area contributed by atoms with E-state index in [1.807, 2.05) is 44.2 Å². The molecule has 1 rings (SSSR count). The minimum absolute atomic E-state index is 0.0624. The van der Waals surface area contributed by atoms with E-state index in [-0.39, 0.29) is 11.7 Å². The lowest BCUT2D eigenvalue weighted by molar-refractivity contribution is -0.151. The molecule has 0 amide bonds. The number of carbonyl (C=O) groups is 2. The Morgan fingerprint density at radius 3 is 2.43 bits per heavy atom. The van der Waals surface area contributed by atoms with Crippen LogP contribution in [0.2, 0.25) is 0 Å². The monoisotopic (exact) mass is 292 g/mol. The van der Waals surface area contributed by atoms with E-state index in [1.165, 1.54) is 7.11 Å². The average molecular weight is 292 g/mol. The lowest BCUT2D eigenvalue weighted by atomic mass is 9.90. The lowest BCUT2D eigenvalue weighted by Gasteiger charge is -2.17. The molecule has 4 heteroatoms. The molecule has 4 nitrogen and oxygen atoms in total. The van der Waals surface area contributed by atoms with Crippen molar-refractivity contribution in [3.8, 4) is 0 Å². The maximum atomic E-state index is 12.2. The number of ketones is 1. The molecule has 2 atom stereocenters. The summed E-state index contributed by atoms with van der Waals surface area (Å²) in [6.45, 7) is 4.61. The molecule has 1 aromatic rings. The molecule has 0 radical (unpaired) electrons. The fraction of sp³-hybridized carbons (Fsp3) is 0.529. The fourth-order valence-electron chi connectivity index (χ4n) is 2.03. The smallest absolute Gasteiger partial charge is 0.316 e. The highest BCUT2D eigenvalue weighted by atomic mass is 16.5. The molecule has 116 valence electrons. The molecular weight excluding hydrogens is 268 g/mol. The van der Waals surface area contributed by atoms with Gasteiger partial charge in [0.05, 0.1) is 13.7 Å². The number of hydrogen-bond donors (Lipinski definition) is 0. The van der Waals surface area contributed by atoms with Crippen molar-refractivity contribution in [1.82, 2.24) is 0 Å². The Balaban J connectivity index is 2.46. The third-order valence-corrected chi connectivity index (χ3v) is 3.59. The molecule has 2 unspecified atom stereocenters. The van der Waals surface area contributed by atoms with Crippen molar-refractivity contribution < 1.29 is 19.1 Å². The Morgan fingerprint density at radius 2 is 1.86 bits per heavy atom. The van der Waals surface area contributed by atoms with Crippen LogP contribution in [0.15, 0.2) is 30.3 Å². The number of rotatable bonds is 9. The maximum absolute atomic E-state index is 12.2. The number of benzene rings is 1. The van der Waals surface area contributed by atoms with Crippen LogP contribution in [0.5, 0.6) is 0 Å². The van der Waals surface area contributed by atoms with Gasteiger partial charge in [0.2, 0.25) is 0 Å². The topological polar surface area (TPSA) is 52.6 Å². The summed E-state index contributed by atoms with van der Waals surface area (Å²) in [5, 5.41) is 0. The van der Waals surface area contributed by atoms with Gasteiger partial charge in [-0.3, -0.25) is 9.59 Å². The molecule has 0 saturated carbocycles. The van der Waals surface area contributed by atoms with E-state index in [0.29, 0.717) is 19.6 Å². The summed E-state index contributed by atoms with van der Waals surface area (Å²) < 4.78 is 10.3. The predicted molar refractivity (Wildman–Crippen MR) is 80.7 cm³/mol. The van der Waals surface area contributed by atoms with Crippen LogP contribution in [0.1, 0.15) is 32.3 Å². The summed E-state index contributed by atoms with van der Waals surface area (Å²) in [5.41, 5.74) is 1.07. The van der Waals surface area contributed by atoms with Gasteiger partial charge in [-0.25, -0.2) is 0 Å². The maximum Gasteiger partial charge on any atom is 0.316 e. The van der Waals surface area contributed by atoms with Gasteiger partial charge in [-0.05, 0) is 18.4 Å². The first kappa shape index (κ1) is 17.4. The summed E-state index contributed by atoms with van der Waals surface area (Å²) >= 11 is 0. The molecule has 0 fully saturated rings. The van der Waals surface area contributed by atoms with Crippen LogP contribution in [0.25, 0.3) is 0 Å². The Hall–Kier alpha value is -1.68. The van der Waals surface area contributed by atoms with Gasteiger partial charge in [-0.15, -0.1) is 0 Å². The molecular formula is C17H24O4. The van der Waals surface area contributed by atoms with Gasteiger partial charge < -0.3 is 9.47 Å². The standard InChI is InChI=1S/C17H24O4/c1-4-13(2)16(18)15(17(19)20-3)10-11-21-12-14-8-6-5-7-9-14/h5-9,13,15H,4,10-12H2,1-3H3. The second kappa shape index (κ2) is 9.29. The van der Waals surface area contributed by atoms with E-state index in [9.17, 15) is 9.59 Å². The van der Waals surface area contributed by atoms with E-state index < -0.39 is 11.9 Å². The van der Waals surface area contributed by atoms with Gasteiger partial charge in [0, 0.05) is 12.5 Å². The molecule has 1 aromatic carbocycles. The highest BCUT2D eigenvalue weighted by molar-refractivity contribution is 5.99. The van der Waals surface area contributed by atoms with Crippen LogP contribution >= 0.6 is 0 Å². The zero-order chi connectivity index (χ0) is 15.7. The Kier molecular flexibility index (Phi) is 7.69. The Morgan fingerprint density at radius 1 is 1.19 bits per heavy atom. The van der Waals surface area contributed by atoms with E-state index >= 15 is 0 Å². The van der Waals surface area contributed by atoms with E-state index in [1.54, 1.807) is 0 Å². The Bertz CT molecular complexity index is 441. The SMILES string of the molecule is CCC(C)C(=O)C(CCOCc1ccccc1)C(=O)OC.